The average Bonchev–Trinajstić information content (AvgIpc) is 2.45. The van der Waals surface area contributed by atoms with Crippen LogP contribution < -0.4 is 10.1 Å². The molecule has 1 N–H and O–H groups in total. The number of carbonyl (C=O) groups excluding carboxylic acids is 1. The van der Waals surface area contributed by atoms with Gasteiger partial charge in [-0.15, -0.1) is 0 Å². The summed E-state index contributed by atoms with van der Waals surface area (Å²) in [6, 6.07) is 6.85. The minimum absolute atomic E-state index is 0.0599. The number of rotatable bonds is 4. The number of ether oxygens (including phenoxy) is 1. The van der Waals surface area contributed by atoms with Crippen LogP contribution in [0.15, 0.2) is 30.3 Å². The molecule has 2 rings (SSSR count). The molecule has 0 aliphatic rings. The van der Waals surface area contributed by atoms with Crippen molar-refractivity contribution >= 4 is 11.6 Å². The Morgan fingerprint density at radius 3 is 2.32 bits per heavy atom. The number of hydrogen-bond donors (Lipinski definition) is 1. The van der Waals surface area contributed by atoms with Gasteiger partial charge in [0.05, 0.1) is 0 Å². The summed E-state index contributed by atoms with van der Waals surface area (Å²) in [5.74, 6) is -8.59. The normalized spacial score (nSPS) is 10.4. The summed E-state index contributed by atoms with van der Waals surface area (Å²) in [7, 11) is 0. The summed E-state index contributed by atoms with van der Waals surface area (Å²) in [6.07, 6.45) is 0. The second-order valence-corrected chi connectivity index (χ2v) is 4.50. The summed E-state index contributed by atoms with van der Waals surface area (Å²) >= 11 is 0. The summed E-state index contributed by atoms with van der Waals surface area (Å²) in [5.41, 5.74) is 1.35. The third kappa shape index (κ3) is 3.55. The lowest BCUT2D eigenvalue weighted by Gasteiger charge is -2.10. The number of amides is 1. The van der Waals surface area contributed by atoms with Crippen molar-refractivity contribution in [2.75, 3.05) is 11.9 Å². The number of aryl methyl sites for hydroxylation is 1. The van der Waals surface area contributed by atoms with Crippen LogP contribution >= 0.6 is 0 Å². The van der Waals surface area contributed by atoms with E-state index in [1.807, 2.05) is 13.0 Å². The van der Waals surface area contributed by atoms with Crippen LogP contribution in [-0.4, -0.2) is 12.5 Å². The van der Waals surface area contributed by atoms with Crippen molar-refractivity contribution in [1.82, 2.24) is 0 Å². The topological polar surface area (TPSA) is 38.3 Å². The van der Waals surface area contributed by atoms with Gasteiger partial charge in [-0.25, -0.2) is 8.78 Å². The van der Waals surface area contributed by atoms with E-state index in [0.717, 1.165) is 5.56 Å². The minimum Gasteiger partial charge on any atom is -0.477 e. The quantitative estimate of drug-likeness (QED) is 0.692. The monoisotopic (exact) mass is 313 g/mol. The van der Waals surface area contributed by atoms with Gasteiger partial charge in [0.1, 0.15) is 0 Å². The van der Waals surface area contributed by atoms with Crippen LogP contribution in [0, 0.1) is 30.2 Å². The van der Waals surface area contributed by atoms with E-state index in [0.29, 0.717) is 5.69 Å². The van der Waals surface area contributed by atoms with Crippen LogP contribution in [0.25, 0.3) is 0 Å². The molecule has 0 saturated heterocycles. The van der Waals surface area contributed by atoms with Crippen molar-refractivity contribution < 1.29 is 27.1 Å². The molecule has 116 valence electrons. The number of benzene rings is 2. The number of nitrogens with one attached hydrogen (secondary N) is 1. The molecule has 0 unspecified atom stereocenters. The number of hydrogen-bond acceptors (Lipinski definition) is 2. The first-order chi connectivity index (χ1) is 10.4. The van der Waals surface area contributed by atoms with Gasteiger partial charge in [-0.05, 0) is 24.6 Å². The van der Waals surface area contributed by atoms with Crippen LogP contribution in [0.3, 0.4) is 0 Å². The highest BCUT2D eigenvalue weighted by atomic mass is 19.2. The van der Waals surface area contributed by atoms with E-state index >= 15 is 0 Å². The third-order valence-electron chi connectivity index (χ3n) is 2.72. The molecule has 3 nitrogen and oxygen atoms in total. The summed E-state index contributed by atoms with van der Waals surface area (Å²) in [4.78, 5) is 11.6. The number of anilines is 1. The molecule has 1 amide bonds. The zero-order valence-electron chi connectivity index (χ0n) is 11.4. The second kappa shape index (κ2) is 6.46. The van der Waals surface area contributed by atoms with Gasteiger partial charge < -0.3 is 10.1 Å². The Morgan fingerprint density at radius 1 is 1.09 bits per heavy atom. The Bertz CT molecular complexity index is 693. The highest BCUT2D eigenvalue weighted by Crippen LogP contribution is 2.26. The van der Waals surface area contributed by atoms with Gasteiger partial charge in [0, 0.05) is 11.8 Å². The largest absolute Gasteiger partial charge is 0.477 e. The first-order valence-corrected chi connectivity index (χ1v) is 6.21. The smallest absolute Gasteiger partial charge is 0.262 e. The Balaban J connectivity index is 2.06. The summed E-state index contributed by atoms with van der Waals surface area (Å²) < 4.78 is 57.2. The fraction of sp³-hybridized carbons (Fsp3) is 0.133. The van der Waals surface area contributed by atoms with E-state index in [9.17, 15) is 22.4 Å². The van der Waals surface area contributed by atoms with Gasteiger partial charge in [-0.3, -0.25) is 4.79 Å². The fourth-order valence-electron chi connectivity index (χ4n) is 1.74. The van der Waals surface area contributed by atoms with E-state index in [4.69, 9.17) is 0 Å². The van der Waals surface area contributed by atoms with Crippen molar-refractivity contribution in [3.8, 4) is 5.75 Å². The van der Waals surface area contributed by atoms with Crippen LogP contribution in [0.4, 0.5) is 23.2 Å². The molecule has 0 heterocycles. The van der Waals surface area contributed by atoms with Gasteiger partial charge in [0.25, 0.3) is 5.91 Å². The lowest BCUT2D eigenvalue weighted by atomic mass is 10.2. The molecule has 0 fully saturated rings. The number of carbonyl (C=O) groups is 1. The maximum atomic E-state index is 13.3. The first kappa shape index (κ1) is 15.8. The first-order valence-electron chi connectivity index (χ1n) is 6.21. The summed E-state index contributed by atoms with van der Waals surface area (Å²) in [5, 5.41) is 2.42. The zero-order chi connectivity index (χ0) is 16.3. The van der Waals surface area contributed by atoms with Crippen LogP contribution in [0.2, 0.25) is 0 Å². The van der Waals surface area contributed by atoms with Gasteiger partial charge in [0.2, 0.25) is 11.6 Å². The maximum absolute atomic E-state index is 13.3. The molecule has 2 aromatic rings. The van der Waals surface area contributed by atoms with E-state index in [2.05, 4.69) is 10.1 Å². The van der Waals surface area contributed by atoms with Crippen molar-refractivity contribution in [2.24, 2.45) is 0 Å². The van der Waals surface area contributed by atoms with Crippen LogP contribution in [-0.2, 0) is 4.79 Å². The standard InChI is InChI=1S/C15H11F4NO2/c1-8-3-2-4-9(5-8)20-12(21)7-22-15-13(18)10(16)6-11(17)14(15)19/h2-6H,7H2,1H3,(H,20,21). The molecule has 2 aromatic carbocycles. The van der Waals surface area contributed by atoms with Crippen molar-refractivity contribution in [1.29, 1.82) is 0 Å². The second-order valence-electron chi connectivity index (χ2n) is 4.50. The van der Waals surface area contributed by atoms with E-state index in [-0.39, 0.29) is 6.07 Å². The van der Waals surface area contributed by atoms with Crippen LogP contribution in [0.1, 0.15) is 5.56 Å². The zero-order valence-corrected chi connectivity index (χ0v) is 11.4. The lowest BCUT2D eigenvalue weighted by molar-refractivity contribution is -0.118. The molecule has 0 spiro atoms. The third-order valence-corrected chi connectivity index (χ3v) is 2.72. The maximum Gasteiger partial charge on any atom is 0.262 e. The van der Waals surface area contributed by atoms with Gasteiger partial charge in [0.15, 0.2) is 24.0 Å². The highest BCUT2D eigenvalue weighted by molar-refractivity contribution is 5.91. The van der Waals surface area contributed by atoms with Crippen molar-refractivity contribution in [2.45, 2.75) is 6.92 Å². The molecule has 0 aromatic heterocycles. The highest BCUT2D eigenvalue weighted by Gasteiger charge is 2.21. The van der Waals surface area contributed by atoms with Crippen molar-refractivity contribution in [3.05, 3.63) is 59.2 Å². The van der Waals surface area contributed by atoms with Gasteiger partial charge in [-0.2, -0.15) is 8.78 Å². The van der Waals surface area contributed by atoms with Crippen molar-refractivity contribution in [3.63, 3.8) is 0 Å². The predicted molar refractivity (Wildman–Crippen MR) is 71.6 cm³/mol. The fourth-order valence-corrected chi connectivity index (χ4v) is 1.74. The van der Waals surface area contributed by atoms with Crippen LogP contribution in [0.5, 0.6) is 5.75 Å². The molecule has 0 aliphatic heterocycles. The Hall–Kier alpha value is -2.57. The molecule has 0 atom stereocenters. The molecule has 0 bridgehead atoms. The Kier molecular flexibility index (Phi) is 4.65. The lowest BCUT2D eigenvalue weighted by Crippen LogP contribution is -2.21. The van der Waals surface area contributed by atoms with E-state index in [1.165, 1.54) is 0 Å². The molecular formula is C15H11F4NO2. The molecule has 7 heteroatoms. The molecule has 0 radical (unpaired) electrons. The van der Waals surface area contributed by atoms with E-state index in [1.54, 1.807) is 18.2 Å². The molecule has 0 saturated carbocycles. The molecule has 22 heavy (non-hydrogen) atoms. The molecule has 0 aliphatic carbocycles. The Morgan fingerprint density at radius 2 is 1.73 bits per heavy atom. The minimum atomic E-state index is -1.69. The van der Waals surface area contributed by atoms with E-state index < -0.39 is 41.5 Å². The summed E-state index contributed by atoms with van der Waals surface area (Å²) in [6.45, 7) is 1.01. The number of halogens is 4. The Labute approximate surface area is 123 Å². The predicted octanol–water partition coefficient (Wildman–Crippen LogP) is 3.57. The van der Waals surface area contributed by atoms with Gasteiger partial charge >= 0.3 is 0 Å². The average molecular weight is 313 g/mol. The molecular weight excluding hydrogens is 302 g/mol. The van der Waals surface area contributed by atoms with Gasteiger partial charge in [-0.1, -0.05) is 12.1 Å². The SMILES string of the molecule is Cc1cccc(NC(=O)COc2c(F)c(F)cc(F)c2F)c1.